The minimum Gasteiger partial charge on any atom is -0.394 e. The number of phosphoric acid groups is 1. The summed E-state index contributed by atoms with van der Waals surface area (Å²) in [6.07, 6.45) is -4.50. The largest absolute Gasteiger partial charge is 0.471 e. The molecule has 1 aromatic carbocycles. The SMILES string of the molecule is COP(=O)(O)OCCCCCCNC(=O)CCCC(=O)N1CCc2cc(C(=O)NC(COCCC(=O)NCCCCCCOC3OC(CO)C(O)C(O)C3NC(C)=O)(COCCC(=O)NCCCCCCOC3OC(CO)C(O)C(O)C3NC(C)=O)COCCC(=O)NCCCCCCOC3OC(CO)C(O)C(O)C3NC(C)=O)ccc2C1. The van der Waals surface area contributed by atoms with Gasteiger partial charge in [0.1, 0.15) is 78.6 Å². The lowest BCUT2D eigenvalue weighted by atomic mass is 9.95. The van der Waals surface area contributed by atoms with E-state index < -0.39 is 149 Å². The highest BCUT2D eigenvalue weighted by Crippen LogP contribution is 2.42. The van der Waals surface area contributed by atoms with Crippen LogP contribution in [0.3, 0.4) is 0 Å². The van der Waals surface area contributed by atoms with Crippen molar-refractivity contribution < 1.29 is 150 Å². The van der Waals surface area contributed by atoms with Gasteiger partial charge in [-0.2, -0.15) is 0 Å². The summed E-state index contributed by atoms with van der Waals surface area (Å²) in [5.41, 5.74) is 0.353. The number of hydrogen-bond donors (Lipinski definition) is 18. The third-order valence-electron chi connectivity index (χ3n) is 20.2. The van der Waals surface area contributed by atoms with Crippen LogP contribution >= 0.6 is 7.82 Å². The van der Waals surface area contributed by atoms with Gasteiger partial charge in [-0.25, -0.2) is 4.57 Å². The zero-order valence-corrected chi connectivity index (χ0v) is 69.4. The van der Waals surface area contributed by atoms with Crippen molar-refractivity contribution in [2.75, 3.05) is 126 Å². The zero-order valence-electron chi connectivity index (χ0n) is 68.5. The number of aliphatic hydroxyl groups is 9. The first-order valence-electron chi connectivity index (χ1n) is 41.1. The molecule has 16 unspecified atom stereocenters. The molecule has 0 aliphatic carbocycles. The molecule has 1 aromatic rings. The fourth-order valence-corrected chi connectivity index (χ4v) is 14.0. The summed E-state index contributed by atoms with van der Waals surface area (Å²) in [7, 11) is -2.93. The lowest BCUT2D eigenvalue weighted by Gasteiger charge is -2.42. The van der Waals surface area contributed by atoms with Gasteiger partial charge in [-0.15, -0.1) is 0 Å². The third kappa shape index (κ3) is 38.1. The van der Waals surface area contributed by atoms with Crippen LogP contribution in [0, 0.1) is 0 Å². The average molecular weight is 1710 g/mol. The fraction of sp³-hybridized carbons (Fsp3) is 0.805. The van der Waals surface area contributed by atoms with Crippen LogP contribution < -0.4 is 42.5 Å². The molecule has 4 heterocycles. The lowest BCUT2D eigenvalue weighted by molar-refractivity contribution is -0.270. The fourth-order valence-electron chi connectivity index (χ4n) is 13.6. The molecule has 40 nitrogen and oxygen atoms in total. The van der Waals surface area contributed by atoms with E-state index in [4.69, 9.17) is 47.2 Å². The van der Waals surface area contributed by atoms with Crippen LogP contribution in [-0.4, -0.2) is 332 Å². The maximum absolute atomic E-state index is 14.7. The average Bonchev–Trinajstić information content (AvgIpc) is 0.828. The van der Waals surface area contributed by atoms with Crippen molar-refractivity contribution >= 4 is 61.0 Å². The molecule has 3 fully saturated rings. The number of nitrogens with zero attached hydrogens (tertiary/aromatic N) is 1. The van der Waals surface area contributed by atoms with E-state index in [1.54, 1.807) is 23.1 Å². The summed E-state index contributed by atoms with van der Waals surface area (Å²) in [5.74, 6) is -3.32. The number of phosphoric ester groups is 1. The first-order chi connectivity index (χ1) is 56.5. The third-order valence-corrected chi connectivity index (χ3v) is 21.2. The second kappa shape index (κ2) is 56.5. The molecule has 9 amide bonds. The van der Waals surface area contributed by atoms with Gasteiger partial charge in [0.25, 0.3) is 5.91 Å². The topological polar surface area (TPSA) is 574 Å². The Morgan fingerprint density at radius 2 is 0.814 bits per heavy atom. The molecule has 3 saturated heterocycles. The molecule has 4 aliphatic heterocycles. The first kappa shape index (κ1) is 102. The van der Waals surface area contributed by atoms with Gasteiger partial charge in [0.05, 0.1) is 66.1 Å². The van der Waals surface area contributed by atoms with Gasteiger partial charge in [-0.05, 0) is 87.5 Å². The highest BCUT2D eigenvalue weighted by atomic mass is 31.2. The Kier molecular flexibility index (Phi) is 49.0. The predicted molar refractivity (Wildman–Crippen MR) is 419 cm³/mol. The Labute approximate surface area is 689 Å². The second-order valence-electron chi connectivity index (χ2n) is 30.0. The van der Waals surface area contributed by atoms with Crippen LogP contribution in [-0.2, 0) is 108 Å². The van der Waals surface area contributed by atoms with Crippen LogP contribution in [0.5, 0.6) is 0 Å². The summed E-state index contributed by atoms with van der Waals surface area (Å²) in [6.45, 7) is 3.32. The summed E-state index contributed by atoms with van der Waals surface area (Å²) < 4.78 is 73.6. The summed E-state index contributed by atoms with van der Waals surface area (Å²) in [5, 5.41) is 114. The molecule has 0 saturated carbocycles. The molecule has 0 spiro atoms. The van der Waals surface area contributed by atoms with Crippen LogP contribution in [0.15, 0.2) is 18.2 Å². The van der Waals surface area contributed by atoms with E-state index in [2.05, 4.69) is 47.1 Å². The van der Waals surface area contributed by atoms with Gasteiger partial charge in [-0.3, -0.25) is 52.2 Å². The van der Waals surface area contributed by atoms with E-state index >= 15 is 0 Å². The smallest absolute Gasteiger partial charge is 0.394 e. The van der Waals surface area contributed by atoms with E-state index in [9.17, 15) is 98.6 Å². The number of carbonyl (C=O) groups is 9. The molecule has 0 bridgehead atoms. The lowest BCUT2D eigenvalue weighted by Crippen LogP contribution is -2.64. The summed E-state index contributed by atoms with van der Waals surface area (Å²) in [6, 6.07) is 1.90. The maximum atomic E-state index is 14.7. The first-order valence-corrected chi connectivity index (χ1v) is 42.6. The quantitative estimate of drug-likeness (QED) is 0.0243. The predicted octanol–water partition coefficient (Wildman–Crippen LogP) is -2.22. The van der Waals surface area contributed by atoms with Crippen molar-refractivity contribution in [2.45, 2.75) is 272 Å². The van der Waals surface area contributed by atoms with Gasteiger partial charge in [-0.1, -0.05) is 57.4 Å². The zero-order chi connectivity index (χ0) is 86.4. The van der Waals surface area contributed by atoms with Crippen molar-refractivity contribution in [3.63, 3.8) is 0 Å². The number of benzene rings is 1. The Bertz CT molecular complexity index is 3000. The normalized spacial score (nSPS) is 24.8. The number of ether oxygens (including phenoxy) is 9. The van der Waals surface area contributed by atoms with Gasteiger partial charge in [0, 0.05) is 125 Å². The summed E-state index contributed by atoms with van der Waals surface area (Å²) in [4.78, 5) is 127. The molecule has 5 rings (SSSR count). The van der Waals surface area contributed by atoms with Crippen molar-refractivity contribution in [2.24, 2.45) is 0 Å². The van der Waals surface area contributed by atoms with E-state index in [0.717, 1.165) is 31.1 Å². The molecular formula is C77H132N9O31P. The Morgan fingerprint density at radius 1 is 0.458 bits per heavy atom. The molecule has 18 N–H and O–H groups in total. The molecule has 0 aromatic heterocycles. The number of amides is 9. The molecule has 41 heteroatoms. The Hall–Kier alpha value is -6.16. The van der Waals surface area contributed by atoms with Crippen molar-refractivity contribution in [3.8, 4) is 0 Å². The number of hydrogen-bond acceptors (Lipinski definition) is 30. The standard InChI is InChI=1S/C77H132N9O31P/c1-50(90)82-64-70(101)67(98)56(44-87)115-74(64)111-35-17-9-5-13-31-79-60(94)27-39-108-47-77(48-109-40-28-61(95)80-32-14-6-10-18-36-112-75-65(83-51(2)91)71(102)68(99)57(45-88)116-75,49-110-41-29-62(96)81-33-15-7-11-19-37-113-76-66(84-52(3)92)72(103)69(100)58(46-89)117-76)85-73(104)54-24-25-55-43-86(34-26-53(55)42-54)63(97)23-21-22-59(93)78-30-16-8-12-20-38-114-118(105,106)107-4/h24-25,42,56-58,64-72,74-76,87-89,98-103H,5-23,26-41,43-49H2,1-4H3,(H,78,93)(H,79,94)(H,80,95)(H,81,96)(H,82,90)(H,83,91)(H,84,92)(H,85,104)(H,105,106). The van der Waals surface area contributed by atoms with Crippen molar-refractivity contribution in [1.82, 2.24) is 47.4 Å². The second-order valence-corrected chi connectivity index (χ2v) is 31.6. The number of rotatable bonds is 60. The van der Waals surface area contributed by atoms with E-state index in [-0.39, 0.29) is 140 Å². The molecule has 4 aliphatic rings. The highest BCUT2D eigenvalue weighted by Gasteiger charge is 2.48. The molecule has 0 radical (unpaired) electrons. The van der Waals surface area contributed by atoms with Crippen LogP contribution in [0.2, 0.25) is 0 Å². The molecular weight excluding hydrogens is 1580 g/mol. The van der Waals surface area contributed by atoms with Gasteiger partial charge in [0.2, 0.25) is 47.3 Å². The number of aliphatic hydroxyl groups excluding tert-OH is 9. The van der Waals surface area contributed by atoms with Gasteiger partial charge >= 0.3 is 7.82 Å². The van der Waals surface area contributed by atoms with Gasteiger partial charge in [0.15, 0.2) is 18.9 Å². The number of nitrogens with one attached hydrogen (secondary N) is 8. The molecule has 16 atom stereocenters. The summed E-state index contributed by atoms with van der Waals surface area (Å²) >= 11 is 0. The highest BCUT2D eigenvalue weighted by molar-refractivity contribution is 7.47. The van der Waals surface area contributed by atoms with Crippen molar-refractivity contribution in [3.05, 3.63) is 34.9 Å². The molecule has 676 valence electrons. The van der Waals surface area contributed by atoms with Crippen LogP contribution in [0.4, 0.5) is 0 Å². The van der Waals surface area contributed by atoms with Crippen LogP contribution in [0.25, 0.3) is 0 Å². The Morgan fingerprint density at radius 3 is 1.17 bits per heavy atom. The monoisotopic (exact) mass is 1710 g/mol. The minimum atomic E-state index is -4.02. The molecule has 118 heavy (non-hydrogen) atoms. The number of carbonyl (C=O) groups excluding carboxylic acids is 9. The number of fused-ring (bicyclic) bond motifs is 1. The van der Waals surface area contributed by atoms with Gasteiger partial charge < -0.3 is 141 Å². The maximum Gasteiger partial charge on any atom is 0.471 e. The number of unbranched alkanes of at least 4 members (excludes halogenated alkanes) is 12. The Balaban J connectivity index is 1.19. The minimum absolute atomic E-state index is 0.0679. The van der Waals surface area contributed by atoms with E-state index in [1.807, 2.05) is 0 Å². The van der Waals surface area contributed by atoms with E-state index in [1.165, 1.54) is 20.8 Å². The van der Waals surface area contributed by atoms with Crippen LogP contribution in [0.1, 0.15) is 184 Å². The van der Waals surface area contributed by atoms with E-state index in [0.29, 0.717) is 135 Å². The van der Waals surface area contributed by atoms with Crippen molar-refractivity contribution in [1.29, 1.82) is 0 Å².